The van der Waals surface area contributed by atoms with Crippen molar-refractivity contribution in [3.05, 3.63) is 40.9 Å². The Morgan fingerprint density at radius 2 is 1.85 bits per heavy atom. The SMILES string of the molecule is CCN(CC)CCNC(=O)Cc1csc(-c2ccc(C(F)(F)F)cc2)n1. The highest BCUT2D eigenvalue weighted by Crippen LogP contribution is 2.31. The standard InChI is InChI=1S/C18H22F3N3OS/c1-3-24(4-2)10-9-22-16(25)11-15-12-26-17(23-15)13-5-7-14(8-6-13)18(19,20)21/h5-8,12H,3-4,9-11H2,1-2H3,(H,22,25). The second-order valence-corrected chi connectivity index (χ2v) is 6.63. The van der Waals surface area contributed by atoms with Gasteiger partial charge < -0.3 is 10.2 Å². The second-order valence-electron chi connectivity index (χ2n) is 5.77. The van der Waals surface area contributed by atoms with Crippen LogP contribution in [-0.2, 0) is 17.4 Å². The van der Waals surface area contributed by atoms with Gasteiger partial charge in [0.2, 0.25) is 5.91 Å². The Kier molecular flexibility index (Phi) is 7.16. The first kappa shape index (κ1) is 20.4. The van der Waals surface area contributed by atoms with Crippen LogP contribution in [0.3, 0.4) is 0 Å². The predicted octanol–water partition coefficient (Wildman–Crippen LogP) is 3.83. The molecule has 26 heavy (non-hydrogen) atoms. The average molecular weight is 385 g/mol. The van der Waals surface area contributed by atoms with E-state index in [2.05, 4.69) is 29.0 Å². The summed E-state index contributed by atoms with van der Waals surface area (Å²) in [6, 6.07) is 4.87. The molecule has 2 aromatic rings. The summed E-state index contributed by atoms with van der Waals surface area (Å²) in [7, 11) is 0. The number of halogens is 3. The first-order chi connectivity index (χ1) is 12.3. The molecule has 0 bridgehead atoms. The molecule has 4 nitrogen and oxygen atoms in total. The molecule has 0 spiro atoms. The maximum atomic E-state index is 12.6. The minimum Gasteiger partial charge on any atom is -0.354 e. The van der Waals surface area contributed by atoms with Gasteiger partial charge >= 0.3 is 6.18 Å². The molecule has 1 heterocycles. The molecule has 2 rings (SSSR count). The van der Waals surface area contributed by atoms with Gasteiger partial charge in [-0.2, -0.15) is 13.2 Å². The van der Waals surface area contributed by atoms with E-state index in [0.29, 0.717) is 22.8 Å². The average Bonchev–Trinajstić information content (AvgIpc) is 3.06. The number of rotatable bonds is 8. The molecule has 142 valence electrons. The van der Waals surface area contributed by atoms with Crippen molar-refractivity contribution >= 4 is 17.2 Å². The molecule has 0 saturated carbocycles. The topological polar surface area (TPSA) is 45.2 Å². The highest BCUT2D eigenvalue weighted by Gasteiger charge is 2.30. The van der Waals surface area contributed by atoms with Crippen LogP contribution in [0, 0.1) is 0 Å². The van der Waals surface area contributed by atoms with Crippen molar-refractivity contribution in [2.24, 2.45) is 0 Å². The van der Waals surface area contributed by atoms with Crippen LogP contribution in [0.2, 0.25) is 0 Å². The highest BCUT2D eigenvalue weighted by molar-refractivity contribution is 7.13. The van der Waals surface area contributed by atoms with Crippen molar-refractivity contribution in [3.63, 3.8) is 0 Å². The highest BCUT2D eigenvalue weighted by atomic mass is 32.1. The van der Waals surface area contributed by atoms with Crippen LogP contribution in [0.4, 0.5) is 13.2 Å². The third-order valence-corrected chi connectivity index (χ3v) is 4.94. The fourth-order valence-corrected chi connectivity index (χ4v) is 3.27. The van der Waals surface area contributed by atoms with Crippen molar-refractivity contribution in [3.8, 4) is 10.6 Å². The molecule has 0 aliphatic carbocycles. The van der Waals surface area contributed by atoms with Gasteiger partial charge in [0.25, 0.3) is 0 Å². The Morgan fingerprint density at radius 1 is 1.19 bits per heavy atom. The summed E-state index contributed by atoms with van der Waals surface area (Å²) < 4.78 is 37.8. The molecule has 8 heteroatoms. The van der Waals surface area contributed by atoms with E-state index in [1.807, 2.05) is 0 Å². The van der Waals surface area contributed by atoms with Gasteiger partial charge in [-0.3, -0.25) is 4.79 Å². The molecule has 0 fully saturated rings. The summed E-state index contributed by atoms with van der Waals surface area (Å²) in [5.41, 5.74) is 0.534. The molecule has 1 amide bonds. The fourth-order valence-electron chi connectivity index (χ4n) is 2.44. The quantitative estimate of drug-likeness (QED) is 0.751. The van der Waals surface area contributed by atoms with Gasteiger partial charge in [0, 0.05) is 24.0 Å². The van der Waals surface area contributed by atoms with Crippen LogP contribution in [0.25, 0.3) is 10.6 Å². The Hall–Kier alpha value is -1.93. The van der Waals surface area contributed by atoms with Gasteiger partial charge in [-0.15, -0.1) is 11.3 Å². The van der Waals surface area contributed by atoms with Gasteiger partial charge in [0.1, 0.15) is 5.01 Å². The maximum absolute atomic E-state index is 12.6. The number of nitrogens with zero attached hydrogens (tertiary/aromatic N) is 2. The van der Waals surface area contributed by atoms with Crippen LogP contribution in [-0.4, -0.2) is 42.0 Å². The maximum Gasteiger partial charge on any atom is 0.416 e. The lowest BCUT2D eigenvalue weighted by Gasteiger charge is -2.17. The summed E-state index contributed by atoms with van der Waals surface area (Å²) in [4.78, 5) is 18.5. The summed E-state index contributed by atoms with van der Waals surface area (Å²) in [5.74, 6) is -0.110. The lowest BCUT2D eigenvalue weighted by Crippen LogP contribution is -2.35. The van der Waals surface area contributed by atoms with E-state index in [4.69, 9.17) is 0 Å². The third kappa shape index (κ3) is 5.81. The van der Waals surface area contributed by atoms with Gasteiger partial charge in [0.05, 0.1) is 17.7 Å². The molecule has 1 aromatic carbocycles. The van der Waals surface area contributed by atoms with Crippen LogP contribution < -0.4 is 5.32 Å². The van der Waals surface area contributed by atoms with E-state index in [1.54, 1.807) is 5.38 Å². The number of amides is 1. The number of alkyl halides is 3. The zero-order chi connectivity index (χ0) is 19.2. The molecule has 0 saturated heterocycles. The first-order valence-corrected chi connectivity index (χ1v) is 9.32. The fraction of sp³-hybridized carbons (Fsp3) is 0.444. The van der Waals surface area contributed by atoms with Gasteiger partial charge in [-0.05, 0) is 25.2 Å². The number of benzene rings is 1. The Balaban J connectivity index is 1.90. The zero-order valence-electron chi connectivity index (χ0n) is 14.8. The number of hydrogen-bond acceptors (Lipinski definition) is 4. The summed E-state index contributed by atoms with van der Waals surface area (Å²) in [6.07, 6.45) is -4.19. The smallest absolute Gasteiger partial charge is 0.354 e. The molecule has 0 atom stereocenters. The Morgan fingerprint density at radius 3 is 2.42 bits per heavy atom. The Bertz CT molecular complexity index is 709. The molecular weight excluding hydrogens is 363 g/mol. The van der Waals surface area contributed by atoms with E-state index in [9.17, 15) is 18.0 Å². The number of hydrogen-bond donors (Lipinski definition) is 1. The summed E-state index contributed by atoms with van der Waals surface area (Å²) in [5, 5.41) is 5.22. The van der Waals surface area contributed by atoms with E-state index in [-0.39, 0.29) is 12.3 Å². The predicted molar refractivity (Wildman–Crippen MR) is 97.1 cm³/mol. The van der Waals surface area contributed by atoms with Crippen molar-refractivity contribution < 1.29 is 18.0 Å². The number of carbonyl (C=O) groups excluding carboxylic acids is 1. The molecule has 0 aliphatic rings. The number of carbonyl (C=O) groups is 1. The van der Waals surface area contributed by atoms with Crippen LogP contribution in [0.5, 0.6) is 0 Å². The van der Waals surface area contributed by atoms with Gasteiger partial charge in [-0.1, -0.05) is 26.0 Å². The van der Waals surface area contributed by atoms with Crippen LogP contribution >= 0.6 is 11.3 Å². The minimum absolute atomic E-state index is 0.110. The molecule has 0 radical (unpaired) electrons. The zero-order valence-corrected chi connectivity index (χ0v) is 15.6. The van der Waals surface area contributed by atoms with Crippen LogP contribution in [0.1, 0.15) is 25.1 Å². The van der Waals surface area contributed by atoms with Crippen molar-refractivity contribution in [1.29, 1.82) is 0 Å². The second kappa shape index (κ2) is 9.14. The lowest BCUT2D eigenvalue weighted by molar-refractivity contribution is -0.137. The third-order valence-electron chi connectivity index (χ3n) is 4.00. The number of nitrogens with one attached hydrogen (secondary N) is 1. The molecule has 0 unspecified atom stereocenters. The number of aromatic nitrogens is 1. The normalized spacial score (nSPS) is 11.8. The van der Waals surface area contributed by atoms with E-state index in [1.165, 1.54) is 23.5 Å². The summed E-state index contributed by atoms with van der Waals surface area (Å²) in [6.45, 7) is 7.40. The van der Waals surface area contributed by atoms with Crippen molar-refractivity contribution in [2.75, 3.05) is 26.2 Å². The van der Waals surface area contributed by atoms with E-state index >= 15 is 0 Å². The number of likely N-dealkylation sites (N-methyl/N-ethyl adjacent to an activating group) is 1. The lowest BCUT2D eigenvalue weighted by atomic mass is 10.1. The largest absolute Gasteiger partial charge is 0.416 e. The van der Waals surface area contributed by atoms with Crippen LogP contribution in [0.15, 0.2) is 29.6 Å². The van der Waals surface area contributed by atoms with Crippen molar-refractivity contribution in [2.45, 2.75) is 26.4 Å². The number of thiazole rings is 1. The van der Waals surface area contributed by atoms with E-state index in [0.717, 1.165) is 31.8 Å². The monoisotopic (exact) mass is 385 g/mol. The Labute approximate surface area is 155 Å². The van der Waals surface area contributed by atoms with Gasteiger partial charge in [0.15, 0.2) is 0 Å². The molecule has 1 N–H and O–H groups in total. The summed E-state index contributed by atoms with van der Waals surface area (Å²) >= 11 is 1.31. The van der Waals surface area contributed by atoms with Gasteiger partial charge in [-0.25, -0.2) is 4.98 Å². The van der Waals surface area contributed by atoms with Crippen molar-refractivity contribution in [1.82, 2.24) is 15.2 Å². The first-order valence-electron chi connectivity index (χ1n) is 8.44. The minimum atomic E-state index is -4.35. The molecule has 0 aliphatic heterocycles. The molecule has 1 aromatic heterocycles. The molecular formula is C18H22F3N3OS. The van der Waals surface area contributed by atoms with E-state index < -0.39 is 11.7 Å².